The van der Waals surface area contributed by atoms with Crippen molar-refractivity contribution in [3.63, 3.8) is 0 Å². The Balaban J connectivity index is 2.04. The molecule has 1 heterocycles. The molecular formula is C23H32BN5O10S. The van der Waals surface area contributed by atoms with Crippen molar-refractivity contribution in [2.45, 2.75) is 54.2 Å². The molecule has 0 aromatic heterocycles. The van der Waals surface area contributed by atoms with Crippen LogP contribution in [-0.4, -0.2) is 94.1 Å². The average molecular weight is 581 g/mol. The number of aliphatic hydroxyl groups is 7. The van der Waals surface area contributed by atoms with Gasteiger partial charge in [-0.3, -0.25) is 10.2 Å². The maximum atomic E-state index is 12.6. The Labute approximate surface area is 234 Å². The number of nitrogens with one attached hydrogen (secondary N) is 4. The standard InChI is InChI=1S/C23H32BN5O10S/c1-18(2,3)28-17(32)10-6-4-5-9(13(10)26)8-27-14-12(25)7-11(15(30)16(14)31)19(40)20(33,34)21(35,36)23(38,39)29-22(19,24)37/h4-8,26-27,29-31,33-40H,24-25H2,1-3H3,(H,28,32)/b9-8-,26-13?. The maximum Gasteiger partial charge on any atom is 0.291 e. The van der Waals surface area contributed by atoms with E-state index in [1.807, 2.05) is 0 Å². The Kier molecular flexibility index (Phi) is 7.44. The summed E-state index contributed by atoms with van der Waals surface area (Å²) < 4.78 is -3.11. The number of phenols is 2. The van der Waals surface area contributed by atoms with Crippen LogP contribution in [0.5, 0.6) is 11.5 Å². The number of thiol groups is 1. The van der Waals surface area contributed by atoms with Crippen LogP contribution in [0.15, 0.2) is 41.6 Å². The molecule has 1 aliphatic carbocycles. The summed E-state index contributed by atoms with van der Waals surface area (Å²) >= 11 is 4.00. The van der Waals surface area contributed by atoms with Crippen LogP contribution >= 0.6 is 12.6 Å². The minimum atomic E-state index is -4.24. The van der Waals surface area contributed by atoms with Crippen LogP contribution in [0.3, 0.4) is 0 Å². The SMILES string of the molecule is BC1(O)NC(O)(O)C(O)(O)C(O)(O)C1(S)c1cc(N)c(N/C=C2/C=CC=C(C(=O)NC(C)(C)C)C2=N)c(O)c1O. The first-order valence-corrected chi connectivity index (χ1v) is 12.1. The molecule has 1 fully saturated rings. The highest BCUT2D eigenvalue weighted by Gasteiger charge is 2.79. The minimum Gasteiger partial charge on any atom is -0.504 e. The van der Waals surface area contributed by atoms with Crippen molar-refractivity contribution in [2.75, 3.05) is 11.1 Å². The fourth-order valence-corrected chi connectivity index (χ4v) is 4.73. The van der Waals surface area contributed by atoms with Gasteiger partial charge in [-0.2, -0.15) is 12.6 Å². The van der Waals surface area contributed by atoms with Gasteiger partial charge in [0.15, 0.2) is 19.3 Å². The first-order chi connectivity index (χ1) is 17.9. The molecule has 40 heavy (non-hydrogen) atoms. The Morgan fingerprint density at radius 3 is 2.23 bits per heavy atom. The predicted molar refractivity (Wildman–Crippen MR) is 148 cm³/mol. The third kappa shape index (κ3) is 4.64. The Morgan fingerprint density at radius 2 is 1.68 bits per heavy atom. The zero-order valence-electron chi connectivity index (χ0n) is 21.8. The molecule has 1 aromatic carbocycles. The number of allylic oxidation sites excluding steroid dienone is 4. The summed E-state index contributed by atoms with van der Waals surface area (Å²) in [5, 5.41) is 109. The number of hydrogen-bond donors (Lipinski definition) is 15. The third-order valence-corrected chi connectivity index (χ3v) is 7.48. The van der Waals surface area contributed by atoms with Crippen LogP contribution in [0, 0.1) is 5.41 Å². The van der Waals surface area contributed by atoms with E-state index in [4.69, 9.17) is 11.1 Å². The molecule has 0 spiro atoms. The van der Waals surface area contributed by atoms with E-state index < -0.39 is 62.1 Å². The van der Waals surface area contributed by atoms with Gasteiger partial charge in [0.2, 0.25) is 5.79 Å². The Morgan fingerprint density at radius 1 is 1.10 bits per heavy atom. The maximum absolute atomic E-state index is 12.6. The second kappa shape index (κ2) is 9.47. The molecule has 1 aliphatic heterocycles. The average Bonchev–Trinajstić information content (AvgIpc) is 2.78. The monoisotopic (exact) mass is 581 g/mol. The molecule has 218 valence electrons. The molecule has 1 amide bonds. The van der Waals surface area contributed by atoms with Crippen LogP contribution in [0.25, 0.3) is 0 Å². The van der Waals surface area contributed by atoms with Gasteiger partial charge >= 0.3 is 0 Å². The van der Waals surface area contributed by atoms with E-state index in [2.05, 4.69) is 23.3 Å². The number of nitrogens with two attached hydrogens (primary N) is 1. The number of phenolic OH excluding ortho intramolecular Hbond substituents is 2. The quantitative estimate of drug-likeness (QED) is 0.0409. The summed E-state index contributed by atoms with van der Waals surface area (Å²) in [6, 6.07) is 0.794. The number of hydrogen-bond acceptors (Lipinski definition) is 15. The fourth-order valence-electron chi connectivity index (χ4n) is 4.35. The van der Waals surface area contributed by atoms with Gasteiger partial charge in [-0.15, -0.1) is 0 Å². The third-order valence-electron chi connectivity index (χ3n) is 6.50. The molecule has 0 saturated carbocycles. The zero-order valence-corrected chi connectivity index (χ0v) is 22.7. The number of anilines is 2. The van der Waals surface area contributed by atoms with Crippen molar-refractivity contribution in [1.29, 1.82) is 5.41 Å². The van der Waals surface area contributed by atoms with Gasteiger partial charge in [-0.1, -0.05) is 12.2 Å². The first-order valence-electron chi connectivity index (χ1n) is 11.6. The highest BCUT2D eigenvalue weighted by atomic mass is 32.1. The Bertz CT molecular complexity index is 1370. The van der Waals surface area contributed by atoms with Gasteiger partial charge in [-0.05, 0) is 32.9 Å². The summed E-state index contributed by atoms with van der Waals surface area (Å²) in [6.07, 6.45) is 5.62. The molecule has 0 radical (unpaired) electrons. The van der Waals surface area contributed by atoms with E-state index in [0.29, 0.717) is 0 Å². The van der Waals surface area contributed by atoms with Gasteiger partial charge in [0.05, 0.1) is 17.0 Å². The van der Waals surface area contributed by atoms with E-state index in [-0.39, 0.29) is 22.5 Å². The second-order valence-electron chi connectivity index (χ2n) is 10.8. The van der Waals surface area contributed by atoms with Crippen molar-refractivity contribution in [2.24, 2.45) is 0 Å². The van der Waals surface area contributed by atoms with E-state index in [0.717, 1.165) is 13.9 Å². The second-order valence-corrected chi connectivity index (χ2v) is 11.4. The highest BCUT2D eigenvalue weighted by molar-refractivity contribution is 7.81. The lowest BCUT2D eigenvalue weighted by Gasteiger charge is -2.61. The molecule has 0 bridgehead atoms. The molecule has 1 saturated heterocycles. The van der Waals surface area contributed by atoms with Gasteiger partial charge in [0.1, 0.15) is 16.1 Å². The number of amides is 1. The number of rotatable bonds is 4. The number of piperidine rings is 1. The molecule has 17 heteroatoms. The smallest absolute Gasteiger partial charge is 0.291 e. The zero-order chi connectivity index (χ0) is 30.9. The molecule has 15 N–H and O–H groups in total. The number of carbonyl (C=O) groups excluding carboxylic acids is 1. The summed E-state index contributed by atoms with van der Waals surface area (Å²) in [5.74, 6) is -15.0. The number of nitrogen functional groups attached to an aromatic ring is 1. The molecule has 3 rings (SSSR count). The molecule has 2 unspecified atom stereocenters. The highest BCUT2D eigenvalue weighted by Crippen LogP contribution is 2.58. The van der Waals surface area contributed by atoms with Gasteiger partial charge in [-0.25, -0.2) is 5.32 Å². The minimum absolute atomic E-state index is 0.0486. The number of benzene rings is 1. The van der Waals surface area contributed by atoms with Crippen molar-refractivity contribution in [3.05, 3.63) is 47.2 Å². The van der Waals surface area contributed by atoms with Crippen LogP contribution < -0.4 is 21.7 Å². The van der Waals surface area contributed by atoms with Crippen LogP contribution in [0.2, 0.25) is 0 Å². The molecular weight excluding hydrogens is 549 g/mol. The van der Waals surface area contributed by atoms with Crippen molar-refractivity contribution in [1.82, 2.24) is 10.6 Å². The fraction of sp³-hybridized carbons (Fsp3) is 0.391. The van der Waals surface area contributed by atoms with Gasteiger partial charge < -0.3 is 62.3 Å². The summed E-state index contributed by atoms with van der Waals surface area (Å²) in [4.78, 5) is 12.6. The molecule has 2 aliphatic rings. The van der Waals surface area contributed by atoms with Gasteiger partial charge in [0, 0.05) is 22.9 Å². The van der Waals surface area contributed by atoms with Crippen molar-refractivity contribution >= 4 is 43.5 Å². The van der Waals surface area contributed by atoms with E-state index >= 15 is 0 Å². The summed E-state index contributed by atoms with van der Waals surface area (Å²) in [6.45, 7) is 5.32. The van der Waals surface area contributed by atoms with Crippen LogP contribution in [0.4, 0.5) is 11.4 Å². The van der Waals surface area contributed by atoms with Crippen LogP contribution in [0.1, 0.15) is 26.3 Å². The first kappa shape index (κ1) is 31.4. The molecule has 15 nitrogen and oxygen atoms in total. The molecule has 2 atom stereocenters. The number of carbonyl (C=O) groups is 1. The Hall–Kier alpha value is -3.13. The molecule has 1 aromatic rings. The predicted octanol–water partition coefficient (Wildman–Crippen LogP) is -3.59. The van der Waals surface area contributed by atoms with Crippen molar-refractivity contribution in [3.8, 4) is 11.5 Å². The number of aromatic hydroxyl groups is 2. The topological polar surface area (TPSA) is 285 Å². The van der Waals surface area contributed by atoms with Crippen LogP contribution in [-0.2, 0) is 9.54 Å². The largest absolute Gasteiger partial charge is 0.504 e. The van der Waals surface area contributed by atoms with Crippen molar-refractivity contribution < 1.29 is 50.8 Å². The lowest BCUT2D eigenvalue weighted by atomic mass is 9.64. The summed E-state index contributed by atoms with van der Waals surface area (Å²) in [5.41, 5.74) is 0.894. The van der Waals surface area contributed by atoms with E-state index in [1.165, 1.54) is 24.4 Å². The lowest BCUT2D eigenvalue weighted by molar-refractivity contribution is -0.497. The summed E-state index contributed by atoms with van der Waals surface area (Å²) in [7, 11) is 0.739. The normalized spacial score (nSPS) is 28.2. The van der Waals surface area contributed by atoms with E-state index in [9.17, 15) is 50.8 Å². The van der Waals surface area contributed by atoms with E-state index in [1.54, 1.807) is 26.1 Å². The van der Waals surface area contributed by atoms with Gasteiger partial charge in [0.25, 0.3) is 17.6 Å². The lowest BCUT2D eigenvalue weighted by Crippen LogP contribution is -2.90.